The predicted octanol–water partition coefficient (Wildman–Crippen LogP) is 6.99. The van der Waals surface area contributed by atoms with E-state index in [0.29, 0.717) is 18.7 Å². The molecule has 1 aromatic heterocycles. The maximum absolute atomic E-state index is 14.4. The first-order valence-corrected chi connectivity index (χ1v) is 14.2. The second-order valence-electron chi connectivity index (χ2n) is 12.0. The van der Waals surface area contributed by atoms with Crippen LogP contribution in [-0.2, 0) is 6.54 Å². The van der Waals surface area contributed by atoms with Gasteiger partial charge in [0.25, 0.3) is 5.91 Å². The Morgan fingerprint density at radius 1 is 1.02 bits per heavy atom. The number of hydrogen-bond acceptors (Lipinski definition) is 3. The monoisotopic (exact) mass is 532 g/mol. The van der Waals surface area contributed by atoms with Crippen molar-refractivity contribution in [2.45, 2.75) is 39.8 Å². The minimum Gasteiger partial charge on any atom is -0.328 e. The maximum atomic E-state index is 14.4. The fourth-order valence-corrected chi connectivity index (χ4v) is 5.80. The van der Waals surface area contributed by atoms with Crippen molar-refractivity contribution in [2.75, 3.05) is 19.6 Å². The fourth-order valence-electron chi connectivity index (χ4n) is 5.80. The van der Waals surface area contributed by atoms with Gasteiger partial charge in [0.15, 0.2) is 0 Å². The number of carbonyl (C=O) groups is 1. The third kappa shape index (κ3) is 5.95. The molecule has 1 aliphatic rings. The highest BCUT2D eigenvalue weighted by Crippen LogP contribution is 2.42. The Hall–Kier alpha value is -3.96. The number of carbonyl (C=O) groups excluding carboxylic acids is 1. The number of aromatic nitrogens is 2. The maximum Gasteiger partial charge on any atom is 0.254 e. The summed E-state index contributed by atoms with van der Waals surface area (Å²) in [5.74, 6) is 0.911. The van der Waals surface area contributed by atoms with E-state index in [9.17, 15) is 4.79 Å². The van der Waals surface area contributed by atoms with Gasteiger partial charge in [-0.1, -0.05) is 106 Å². The van der Waals surface area contributed by atoms with E-state index in [4.69, 9.17) is 4.98 Å². The Morgan fingerprint density at radius 2 is 1.65 bits per heavy atom. The number of nitrogens with one attached hydrogen (secondary N) is 1. The van der Waals surface area contributed by atoms with Crippen LogP contribution < -0.4 is 5.32 Å². The number of imidazole rings is 1. The van der Waals surface area contributed by atoms with Crippen LogP contribution in [0, 0.1) is 10.8 Å². The molecular weight excluding hydrogens is 492 g/mol. The molecule has 2 atom stereocenters. The molecule has 2 heterocycles. The van der Waals surface area contributed by atoms with Crippen LogP contribution in [0.3, 0.4) is 0 Å². The summed E-state index contributed by atoms with van der Waals surface area (Å²) in [4.78, 5) is 21.8. The van der Waals surface area contributed by atoms with Gasteiger partial charge in [0, 0.05) is 42.4 Å². The zero-order valence-electron chi connectivity index (χ0n) is 23.9. The molecule has 5 nitrogen and oxygen atoms in total. The molecule has 1 saturated heterocycles. The smallest absolute Gasteiger partial charge is 0.254 e. The minimum absolute atomic E-state index is 0.0178. The van der Waals surface area contributed by atoms with Crippen LogP contribution in [0.2, 0.25) is 0 Å². The molecule has 0 bridgehead atoms. The molecule has 3 aromatic carbocycles. The molecule has 0 spiro atoms. The van der Waals surface area contributed by atoms with Gasteiger partial charge in [-0.25, -0.2) is 4.98 Å². The van der Waals surface area contributed by atoms with Gasteiger partial charge in [-0.2, -0.15) is 0 Å². The highest BCUT2D eigenvalue weighted by Gasteiger charge is 2.43. The second kappa shape index (κ2) is 11.6. The lowest BCUT2D eigenvalue weighted by atomic mass is 9.81. The molecule has 5 heteroatoms. The van der Waals surface area contributed by atoms with E-state index in [1.807, 2.05) is 60.7 Å². The summed E-state index contributed by atoms with van der Waals surface area (Å²) < 4.78 is 2.24. The Balaban J connectivity index is 1.67. The number of benzene rings is 3. The lowest BCUT2D eigenvalue weighted by Crippen LogP contribution is -2.48. The molecule has 0 aliphatic carbocycles. The first-order valence-electron chi connectivity index (χ1n) is 14.2. The van der Waals surface area contributed by atoms with Crippen LogP contribution >= 0.6 is 0 Å². The SMILES string of the molecule is C=CC1(CN(C(=O)c2ccccc2)[C@@H](c2nc(-c3ccccc3)cn2Cc2ccccc2)C(C)(C)C)CCNC1. The van der Waals surface area contributed by atoms with E-state index in [1.54, 1.807) is 0 Å². The summed E-state index contributed by atoms with van der Waals surface area (Å²) in [6.45, 7) is 13.8. The highest BCUT2D eigenvalue weighted by molar-refractivity contribution is 5.94. The quantitative estimate of drug-likeness (QED) is 0.236. The predicted molar refractivity (Wildman–Crippen MR) is 163 cm³/mol. The lowest BCUT2D eigenvalue weighted by Gasteiger charge is -2.43. The van der Waals surface area contributed by atoms with Crippen LogP contribution in [0.15, 0.2) is 110 Å². The van der Waals surface area contributed by atoms with E-state index in [-0.39, 0.29) is 22.8 Å². The van der Waals surface area contributed by atoms with Gasteiger partial charge in [-0.3, -0.25) is 4.79 Å². The largest absolute Gasteiger partial charge is 0.328 e. The van der Waals surface area contributed by atoms with Gasteiger partial charge in [-0.05, 0) is 36.1 Å². The highest BCUT2D eigenvalue weighted by atomic mass is 16.2. The molecule has 0 radical (unpaired) electrons. The van der Waals surface area contributed by atoms with Crippen molar-refractivity contribution in [3.05, 3.63) is 127 Å². The van der Waals surface area contributed by atoms with Crippen LogP contribution in [0.4, 0.5) is 0 Å². The Bertz CT molecular complexity index is 1410. The normalized spacial score (nSPS) is 17.9. The van der Waals surface area contributed by atoms with Crippen molar-refractivity contribution in [3.63, 3.8) is 0 Å². The van der Waals surface area contributed by atoms with Crippen molar-refractivity contribution in [3.8, 4) is 11.3 Å². The Kier molecular flexibility index (Phi) is 8.04. The van der Waals surface area contributed by atoms with Crippen molar-refractivity contribution < 1.29 is 4.79 Å². The molecule has 5 rings (SSSR count). The molecule has 206 valence electrons. The van der Waals surface area contributed by atoms with Crippen molar-refractivity contribution in [1.82, 2.24) is 19.8 Å². The number of rotatable bonds is 9. The van der Waals surface area contributed by atoms with Crippen molar-refractivity contribution >= 4 is 5.91 Å². The molecule has 1 N–H and O–H groups in total. The molecule has 1 unspecified atom stereocenters. The van der Waals surface area contributed by atoms with Crippen molar-refractivity contribution in [2.24, 2.45) is 10.8 Å². The van der Waals surface area contributed by atoms with Crippen LogP contribution in [-0.4, -0.2) is 40.0 Å². The number of nitrogens with zero attached hydrogens (tertiary/aromatic N) is 3. The first kappa shape index (κ1) is 27.6. The molecule has 40 heavy (non-hydrogen) atoms. The second-order valence-corrected chi connectivity index (χ2v) is 12.0. The standard InChI is InChI=1S/C35H40N4O/c1-5-35(21-22-36-25-35)26-39(33(40)29-19-13-8-14-20-29)31(34(2,3)4)32-37-30(28-17-11-7-12-18-28)24-38(32)23-27-15-9-6-10-16-27/h5-20,24,31,36H,1,21-23,25-26H2,2-4H3/t31-,35?/m0/s1. The summed E-state index contributed by atoms with van der Waals surface area (Å²) in [7, 11) is 0. The van der Waals surface area contributed by atoms with Crippen LogP contribution in [0.5, 0.6) is 0 Å². The van der Waals surface area contributed by atoms with Gasteiger partial charge in [0.1, 0.15) is 5.82 Å². The molecule has 0 saturated carbocycles. The van der Waals surface area contributed by atoms with E-state index < -0.39 is 0 Å². The molecular formula is C35H40N4O. The summed E-state index contributed by atoms with van der Waals surface area (Å²) >= 11 is 0. The van der Waals surface area contributed by atoms with Gasteiger partial charge in [-0.15, -0.1) is 6.58 Å². The van der Waals surface area contributed by atoms with E-state index >= 15 is 0 Å². The zero-order valence-corrected chi connectivity index (χ0v) is 23.9. The van der Waals surface area contributed by atoms with Gasteiger partial charge in [0.2, 0.25) is 0 Å². The van der Waals surface area contributed by atoms with Gasteiger partial charge in [0.05, 0.1) is 11.7 Å². The van der Waals surface area contributed by atoms with E-state index in [1.165, 1.54) is 5.56 Å². The van der Waals surface area contributed by atoms with Gasteiger partial charge >= 0.3 is 0 Å². The number of amides is 1. The fraction of sp³-hybridized carbons (Fsp3) is 0.314. The Morgan fingerprint density at radius 3 is 2.23 bits per heavy atom. The first-order chi connectivity index (χ1) is 19.3. The average molecular weight is 533 g/mol. The molecule has 1 fully saturated rings. The van der Waals surface area contributed by atoms with Crippen LogP contribution in [0.25, 0.3) is 11.3 Å². The summed E-state index contributed by atoms with van der Waals surface area (Å²) in [5, 5.41) is 3.51. The van der Waals surface area contributed by atoms with E-state index in [2.05, 4.69) is 84.7 Å². The molecule has 4 aromatic rings. The van der Waals surface area contributed by atoms with Crippen LogP contribution in [0.1, 0.15) is 55.0 Å². The zero-order chi connectivity index (χ0) is 28.2. The summed E-state index contributed by atoms with van der Waals surface area (Å²) in [6.07, 6.45) is 5.13. The van der Waals surface area contributed by atoms with Gasteiger partial charge < -0.3 is 14.8 Å². The average Bonchev–Trinajstić information content (AvgIpc) is 3.61. The minimum atomic E-state index is -0.299. The molecule has 1 aliphatic heterocycles. The number of hydrogen-bond donors (Lipinski definition) is 1. The topological polar surface area (TPSA) is 50.2 Å². The summed E-state index contributed by atoms with van der Waals surface area (Å²) in [5.41, 5.74) is 3.35. The molecule has 1 amide bonds. The third-order valence-electron chi connectivity index (χ3n) is 7.93. The Labute approximate surface area is 238 Å². The third-order valence-corrected chi connectivity index (χ3v) is 7.93. The van der Waals surface area contributed by atoms with Crippen molar-refractivity contribution in [1.29, 1.82) is 0 Å². The summed E-state index contributed by atoms with van der Waals surface area (Å²) in [6, 6.07) is 30.1. The van der Waals surface area contributed by atoms with E-state index in [0.717, 1.165) is 36.6 Å². The lowest BCUT2D eigenvalue weighted by molar-refractivity contribution is 0.0381.